The molecule has 0 fully saturated rings. The molecule has 30 heavy (non-hydrogen) atoms. The molecule has 0 bridgehead atoms. The molecule has 0 aliphatic heterocycles. The number of anilines is 1. The Morgan fingerprint density at radius 1 is 1.37 bits per heavy atom. The number of benzene rings is 1. The minimum atomic E-state index is 0.0260. The number of rotatable bonds is 12. The first-order valence-corrected chi connectivity index (χ1v) is 9.38. The summed E-state index contributed by atoms with van der Waals surface area (Å²) in [7, 11) is 3.48. The Hall–Kier alpha value is -3.48. The lowest BCUT2D eigenvalue weighted by atomic mass is 10.1. The average molecular weight is 410 g/mol. The molecule has 1 heterocycles. The fraction of sp³-hybridized carbons (Fsp3) is 0.333. The van der Waals surface area contributed by atoms with Crippen LogP contribution in [0.1, 0.15) is 0 Å². The Morgan fingerprint density at radius 3 is 2.83 bits per heavy atom. The van der Waals surface area contributed by atoms with E-state index in [1.165, 1.54) is 6.20 Å². The van der Waals surface area contributed by atoms with Crippen molar-refractivity contribution < 1.29 is 14.0 Å². The van der Waals surface area contributed by atoms with Gasteiger partial charge in [-0.3, -0.25) is 14.9 Å². The third kappa shape index (κ3) is 6.84. The first-order valence-electron chi connectivity index (χ1n) is 9.38. The number of aliphatic imine (C=N–C) groups is 2. The van der Waals surface area contributed by atoms with Gasteiger partial charge in [0.15, 0.2) is 0 Å². The number of likely N-dealkylation sites (N-methyl/N-ethyl adjacent to an activating group) is 1. The third-order valence-corrected chi connectivity index (χ3v) is 3.99. The van der Waals surface area contributed by atoms with Gasteiger partial charge in [-0.2, -0.15) is 5.26 Å². The summed E-state index contributed by atoms with van der Waals surface area (Å²) in [5.41, 5.74) is 1.50. The van der Waals surface area contributed by atoms with E-state index in [0.717, 1.165) is 17.9 Å². The lowest BCUT2D eigenvalue weighted by Gasteiger charge is -2.17. The fourth-order valence-electron chi connectivity index (χ4n) is 2.48. The van der Waals surface area contributed by atoms with Gasteiger partial charge >= 0.3 is 0 Å². The van der Waals surface area contributed by atoms with E-state index in [-0.39, 0.29) is 6.54 Å². The maximum atomic E-state index is 9.31. The molecule has 1 N–H and O–H groups in total. The van der Waals surface area contributed by atoms with Crippen molar-refractivity contribution in [3.8, 4) is 23.1 Å². The average Bonchev–Trinajstić information content (AvgIpc) is 3.27. The summed E-state index contributed by atoms with van der Waals surface area (Å²) in [6, 6.07) is 11.3. The molecule has 0 spiro atoms. The molecule has 9 nitrogen and oxygen atoms in total. The zero-order chi connectivity index (χ0) is 21.6. The van der Waals surface area contributed by atoms with Gasteiger partial charge in [0.05, 0.1) is 32.9 Å². The summed E-state index contributed by atoms with van der Waals surface area (Å²) in [6.07, 6.45) is 3.17. The molecule has 0 amide bonds. The zero-order valence-electron chi connectivity index (χ0n) is 17.2. The number of aromatic nitrogens is 1. The second-order valence-corrected chi connectivity index (χ2v) is 5.98. The first kappa shape index (κ1) is 22.8. The summed E-state index contributed by atoms with van der Waals surface area (Å²) in [4.78, 5) is 9.88. The van der Waals surface area contributed by atoms with E-state index in [1.54, 1.807) is 24.2 Å². The van der Waals surface area contributed by atoms with Crippen molar-refractivity contribution in [2.75, 3.05) is 51.9 Å². The standard InChI is InChI=1S/C21H26N6O3/c1-23-10-8-20(25-12-15-29-14-11-24-2)27(13-9-22)21-16-19(26-30-21)17-4-6-18(28-3)7-5-17/h4-8,10,16,24H,1,11-15H2,2-3H3/b10-8-,25-20?. The van der Waals surface area contributed by atoms with Crippen LogP contribution in [-0.4, -0.2) is 64.7 Å². The molecule has 0 atom stereocenters. The largest absolute Gasteiger partial charge is 0.497 e. The fourth-order valence-corrected chi connectivity index (χ4v) is 2.48. The number of nitrogens with one attached hydrogen (secondary N) is 1. The number of hydrogen-bond acceptors (Lipinski definition) is 8. The lowest BCUT2D eigenvalue weighted by Crippen LogP contribution is -2.30. The first-order chi connectivity index (χ1) is 14.7. The lowest BCUT2D eigenvalue weighted by molar-refractivity contribution is 0.145. The van der Waals surface area contributed by atoms with Gasteiger partial charge in [-0.25, -0.2) is 0 Å². The van der Waals surface area contributed by atoms with E-state index in [4.69, 9.17) is 14.0 Å². The maximum absolute atomic E-state index is 9.31. The number of hydrogen-bond donors (Lipinski definition) is 1. The van der Waals surface area contributed by atoms with Crippen LogP contribution in [-0.2, 0) is 4.74 Å². The van der Waals surface area contributed by atoms with Crippen molar-refractivity contribution >= 4 is 18.4 Å². The Morgan fingerprint density at radius 2 is 2.17 bits per heavy atom. The van der Waals surface area contributed by atoms with Crippen LogP contribution in [0.2, 0.25) is 0 Å². The Balaban J connectivity index is 2.21. The summed E-state index contributed by atoms with van der Waals surface area (Å²) in [6.45, 7) is 5.71. The predicted octanol–water partition coefficient (Wildman–Crippen LogP) is 2.53. The summed E-state index contributed by atoms with van der Waals surface area (Å²) >= 11 is 0. The summed E-state index contributed by atoms with van der Waals surface area (Å²) in [5.74, 6) is 1.64. The minimum Gasteiger partial charge on any atom is -0.497 e. The predicted molar refractivity (Wildman–Crippen MR) is 117 cm³/mol. The number of nitrogens with zero attached hydrogens (tertiary/aromatic N) is 5. The van der Waals surface area contributed by atoms with Gasteiger partial charge in [-0.05, 0) is 44.1 Å². The smallest absolute Gasteiger partial charge is 0.234 e. The summed E-state index contributed by atoms with van der Waals surface area (Å²) in [5, 5.41) is 16.4. The van der Waals surface area contributed by atoms with E-state index < -0.39 is 0 Å². The molecule has 0 aliphatic carbocycles. The SMILES string of the molecule is C=N/C=C\C(=NCCOCCNC)N(CC#N)c1cc(-c2ccc(OC)cc2)no1. The molecule has 0 aliphatic rings. The van der Waals surface area contributed by atoms with E-state index >= 15 is 0 Å². The molecule has 9 heteroatoms. The van der Waals surface area contributed by atoms with Crippen LogP contribution in [0.15, 0.2) is 57.1 Å². The van der Waals surface area contributed by atoms with Gasteiger partial charge in [-0.15, -0.1) is 0 Å². The van der Waals surface area contributed by atoms with E-state index in [0.29, 0.717) is 37.2 Å². The topological polar surface area (TPSA) is 108 Å². The van der Waals surface area contributed by atoms with Gasteiger partial charge in [0, 0.05) is 24.4 Å². The quantitative estimate of drug-likeness (QED) is 0.248. The van der Waals surface area contributed by atoms with Crippen LogP contribution in [0.25, 0.3) is 11.3 Å². The van der Waals surface area contributed by atoms with Crippen molar-refractivity contribution in [3.63, 3.8) is 0 Å². The van der Waals surface area contributed by atoms with Crippen LogP contribution in [0.5, 0.6) is 5.75 Å². The van der Waals surface area contributed by atoms with Gasteiger partial charge in [0.25, 0.3) is 0 Å². The molecule has 2 rings (SSSR count). The van der Waals surface area contributed by atoms with Crippen molar-refractivity contribution in [1.82, 2.24) is 10.5 Å². The maximum Gasteiger partial charge on any atom is 0.234 e. The Labute approximate surface area is 176 Å². The Bertz CT molecular complexity index is 883. The van der Waals surface area contributed by atoms with E-state index in [1.807, 2.05) is 31.3 Å². The second-order valence-electron chi connectivity index (χ2n) is 5.98. The molecule has 2 aromatic rings. The van der Waals surface area contributed by atoms with Crippen LogP contribution < -0.4 is 15.0 Å². The van der Waals surface area contributed by atoms with Gasteiger partial charge in [-0.1, -0.05) is 5.16 Å². The molecule has 1 aromatic heterocycles. The third-order valence-electron chi connectivity index (χ3n) is 3.99. The van der Waals surface area contributed by atoms with Crippen molar-refractivity contribution in [3.05, 3.63) is 42.6 Å². The van der Waals surface area contributed by atoms with Crippen LogP contribution in [0, 0.1) is 11.3 Å². The highest BCUT2D eigenvalue weighted by molar-refractivity contribution is 6.05. The molecular weight excluding hydrogens is 384 g/mol. The molecule has 0 unspecified atom stereocenters. The normalized spacial score (nSPS) is 11.4. The van der Waals surface area contributed by atoms with E-state index in [9.17, 15) is 5.26 Å². The van der Waals surface area contributed by atoms with Gasteiger partial charge in [0.1, 0.15) is 23.8 Å². The highest BCUT2D eigenvalue weighted by Crippen LogP contribution is 2.26. The Kier molecular flexibility index (Phi) is 9.79. The van der Waals surface area contributed by atoms with Crippen molar-refractivity contribution in [2.24, 2.45) is 9.98 Å². The van der Waals surface area contributed by atoms with Crippen molar-refractivity contribution in [1.29, 1.82) is 5.26 Å². The van der Waals surface area contributed by atoms with Crippen LogP contribution in [0.4, 0.5) is 5.88 Å². The van der Waals surface area contributed by atoms with Crippen molar-refractivity contribution in [2.45, 2.75) is 0 Å². The number of amidine groups is 1. The van der Waals surface area contributed by atoms with Gasteiger partial charge < -0.3 is 19.3 Å². The number of ether oxygens (including phenoxy) is 2. The van der Waals surface area contributed by atoms with E-state index in [2.05, 4.69) is 33.2 Å². The number of nitriles is 1. The highest BCUT2D eigenvalue weighted by atomic mass is 16.5. The zero-order valence-corrected chi connectivity index (χ0v) is 17.2. The molecule has 0 radical (unpaired) electrons. The van der Waals surface area contributed by atoms with Gasteiger partial charge in [0.2, 0.25) is 5.88 Å². The van der Waals surface area contributed by atoms with Crippen LogP contribution >= 0.6 is 0 Å². The minimum absolute atomic E-state index is 0.0260. The summed E-state index contributed by atoms with van der Waals surface area (Å²) < 4.78 is 16.2. The highest BCUT2D eigenvalue weighted by Gasteiger charge is 2.17. The second kappa shape index (κ2) is 12.9. The molecule has 158 valence electrons. The van der Waals surface area contributed by atoms with Crippen LogP contribution in [0.3, 0.4) is 0 Å². The molecular formula is C21H26N6O3. The molecule has 0 saturated carbocycles. The monoisotopic (exact) mass is 410 g/mol. The molecule has 0 saturated heterocycles. The molecule has 1 aromatic carbocycles. The number of methoxy groups -OCH3 is 1.